The number of amides is 1. The summed E-state index contributed by atoms with van der Waals surface area (Å²) in [5, 5.41) is 3.01. The van der Waals surface area contributed by atoms with Crippen LogP contribution in [0.1, 0.15) is 40.5 Å². The monoisotopic (exact) mass is 360 g/mol. The maximum absolute atomic E-state index is 12.3. The van der Waals surface area contributed by atoms with Crippen LogP contribution in [0.5, 0.6) is 0 Å². The van der Waals surface area contributed by atoms with Gasteiger partial charge in [-0.05, 0) is 43.6 Å². The lowest BCUT2D eigenvalue weighted by Gasteiger charge is -2.32. The fourth-order valence-corrected chi connectivity index (χ4v) is 4.49. The van der Waals surface area contributed by atoms with Crippen molar-refractivity contribution in [3.05, 3.63) is 65.5 Å². The van der Waals surface area contributed by atoms with Crippen molar-refractivity contribution < 1.29 is 4.79 Å². The summed E-state index contributed by atoms with van der Waals surface area (Å²) in [7, 11) is 0. The summed E-state index contributed by atoms with van der Waals surface area (Å²) in [5.41, 5.74) is 4.09. The number of likely N-dealkylation sites (tertiary alicyclic amines) is 1. The van der Waals surface area contributed by atoms with Crippen molar-refractivity contribution in [3.63, 3.8) is 0 Å². The van der Waals surface area contributed by atoms with Crippen LogP contribution >= 0.6 is 0 Å². The Morgan fingerprint density at radius 1 is 1.00 bits per heavy atom. The standard InChI is InChI=1S/C22H24N4O/c27-22-18-7-4-8-19-20(18)26(14-11-23-22)21(24-19)17-9-12-25(13-10-17)15-16-5-2-1-3-6-16/h1-8,17H,9-15H2,(H,23,27). The molecule has 5 rings (SSSR count). The first-order valence-corrected chi connectivity index (χ1v) is 9.83. The number of piperidine rings is 1. The van der Waals surface area contributed by atoms with E-state index in [0.29, 0.717) is 12.5 Å². The minimum Gasteiger partial charge on any atom is -0.350 e. The molecule has 3 heterocycles. The molecule has 5 nitrogen and oxygen atoms in total. The molecule has 2 aliphatic rings. The molecule has 2 aliphatic heterocycles. The third-order valence-corrected chi connectivity index (χ3v) is 5.86. The van der Waals surface area contributed by atoms with E-state index < -0.39 is 0 Å². The molecular weight excluding hydrogens is 336 g/mol. The van der Waals surface area contributed by atoms with Gasteiger partial charge in [0.15, 0.2) is 0 Å². The molecule has 27 heavy (non-hydrogen) atoms. The predicted octanol–water partition coefficient (Wildman–Crippen LogP) is 3.16. The number of carbonyl (C=O) groups excluding carboxylic acids is 1. The molecule has 1 saturated heterocycles. The number of imidazole rings is 1. The van der Waals surface area contributed by atoms with Crippen LogP contribution in [0.25, 0.3) is 11.0 Å². The molecular formula is C22H24N4O. The number of rotatable bonds is 3. The summed E-state index contributed by atoms with van der Waals surface area (Å²) in [4.78, 5) is 19.8. The molecule has 1 aromatic heterocycles. The van der Waals surface area contributed by atoms with Gasteiger partial charge in [-0.25, -0.2) is 4.98 Å². The molecule has 138 valence electrons. The Kier molecular flexibility index (Phi) is 4.17. The van der Waals surface area contributed by atoms with Gasteiger partial charge in [-0.2, -0.15) is 0 Å². The summed E-state index contributed by atoms with van der Waals surface area (Å²) in [5.74, 6) is 1.64. The van der Waals surface area contributed by atoms with Crippen molar-refractivity contribution in [1.29, 1.82) is 0 Å². The van der Waals surface area contributed by atoms with Gasteiger partial charge in [-0.3, -0.25) is 9.69 Å². The Morgan fingerprint density at radius 3 is 2.63 bits per heavy atom. The second-order valence-corrected chi connectivity index (χ2v) is 7.59. The lowest BCUT2D eigenvalue weighted by atomic mass is 9.95. The highest BCUT2D eigenvalue weighted by molar-refractivity contribution is 6.05. The van der Waals surface area contributed by atoms with E-state index in [4.69, 9.17) is 4.98 Å². The molecule has 0 spiro atoms. The second kappa shape index (κ2) is 6.82. The molecule has 3 aromatic rings. The van der Waals surface area contributed by atoms with E-state index in [1.165, 1.54) is 5.56 Å². The number of carbonyl (C=O) groups is 1. The van der Waals surface area contributed by atoms with Gasteiger partial charge >= 0.3 is 0 Å². The highest BCUT2D eigenvalue weighted by Gasteiger charge is 2.28. The third-order valence-electron chi connectivity index (χ3n) is 5.86. The minimum atomic E-state index is 0.0171. The minimum absolute atomic E-state index is 0.0171. The zero-order valence-corrected chi connectivity index (χ0v) is 15.4. The topological polar surface area (TPSA) is 50.2 Å². The molecule has 0 unspecified atom stereocenters. The van der Waals surface area contributed by atoms with Crippen LogP contribution in [0, 0.1) is 0 Å². The third kappa shape index (κ3) is 3.02. The quantitative estimate of drug-likeness (QED) is 0.781. The van der Waals surface area contributed by atoms with Gasteiger partial charge in [-0.1, -0.05) is 36.4 Å². The predicted molar refractivity (Wildman–Crippen MR) is 106 cm³/mol. The van der Waals surface area contributed by atoms with Gasteiger partial charge in [-0.15, -0.1) is 0 Å². The van der Waals surface area contributed by atoms with Gasteiger partial charge in [0.25, 0.3) is 5.91 Å². The molecule has 0 saturated carbocycles. The smallest absolute Gasteiger partial charge is 0.253 e. The van der Waals surface area contributed by atoms with Gasteiger partial charge in [0.05, 0.1) is 16.6 Å². The van der Waals surface area contributed by atoms with Gasteiger partial charge in [0, 0.05) is 25.6 Å². The number of aromatic nitrogens is 2. The molecule has 0 bridgehead atoms. The molecule has 1 fully saturated rings. The lowest BCUT2D eigenvalue weighted by Crippen LogP contribution is -2.33. The van der Waals surface area contributed by atoms with Gasteiger partial charge in [0.2, 0.25) is 0 Å². The second-order valence-electron chi connectivity index (χ2n) is 7.59. The average Bonchev–Trinajstić information content (AvgIpc) is 2.99. The van der Waals surface area contributed by atoms with Crippen LogP contribution in [0.3, 0.4) is 0 Å². The molecule has 5 heteroatoms. The maximum Gasteiger partial charge on any atom is 0.253 e. The SMILES string of the molecule is O=C1NCCn2c(C3CCN(Cc4ccccc4)CC3)nc3cccc1c32. The van der Waals surface area contributed by atoms with Crippen LogP contribution in [0.4, 0.5) is 0 Å². The molecule has 1 N–H and O–H groups in total. The van der Waals surface area contributed by atoms with Crippen LogP contribution in [-0.4, -0.2) is 40.0 Å². The number of nitrogens with one attached hydrogen (secondary N) is 1. The van der Waals surface area contributed by atoms with Gasteiger partial charge in [0.1, 0.15) is 5.82 Å². The number of benzene rings is 2. The first-order valence-electron chi connectivity index (χ1n) is 9.83. The number of hydrogen-bond acceptors (Lipinski definition) is 3. The van der Waals surface area contributed by atoms with Crippen molar-refractivity contribution in [2.24, 2.45) is 0 Å². The van der Waals surface area contributed by atoms with Crippen LogP contribution in [0.2, 0.25) is 0 Å². The van der Waals surface area contributed by atoms with Crippen molar-refractivity contribution in [1.82, 2.24) is 19.8 Å². The fourth-order valence-electron chi connectivity index (χ4n) is 4.49. The Bertz CT molecular complexity index is 971. The van der Waals surface area contributed by atoms with Crippen molar-refractivity contribution in [3.8, 4) is 0 Å². The van der Waals surface area contributed by atoms with Crippen molar-refractivity contribution in [2.75, 3.05) is 19.6 Å². The maximum atomic E-state index is 12.3. The normalized spacial score (nSPS) is 18.4. The Hall–Kier alpha value is -2.66. The summed E-state index contributed by atoms with van der Waals surface area (Å²) in [6, 6.07) is 16.6. The van der Waals surface area contributed by atoms with Crippen molar-refractivity contribution in [2.45, 2.75) is 31.8 Å². The highest BCUT2D eigenvalue weighted by atomic mass is 16.1. The van der Waals surface area contributed by atoms with Crippen LogP contribution in [-0.2, 0) is 13.1 Å². The van der Waals surface area contributed by atoms with E-state index in [0.717, 1.165) is 61.4 Å². The van der Waals surface area contributed by atoms with E-state index in [1.54, 1.807) is 0 Å². The fraction of sp³-hybridized carbons (Fsp3) is 0.364. The van der Waals surface area contributed by atoms with E-state index in [9.17, 15) is 4.79 Å². The number of nitrogens with zero attached hydrogens (tertiary/aromatic N) is 3. The summed E-state index contributed by atoms with van der Waals surface area (Å²) >= 11 is 0. The average molecular weight is 360 g/mol. The molecule has 0 aliphatic carbocycles. The summed E-state index contributed by atoms with van der Waals surface area (Å²) < 4.78 is 2.29. The number of hydrogen-bond donors (Lipinski definition) is 1. The van der Waals surface area contributed by atoms with Crippen LogP contribution < -0.4 is 5.32 Å². The van der Waals surface area contributed by atoms with E-state index in [-0.39, 0.29) is 5.91 Å². The van der Waals surface area contributed by atoms with E-state index in [1.807, 2.05) is 18.2 Å². The summed E-state index contributed by atoms with van der Waals surface area (Å²) in [6.45, 7) is 4.67. The lowest BCUT2D eigenvalue weighted by molar-refractivity contribution is 0.0956. The molecule has 1 amide bonds. The first-order chi connectivity index (χ1) is 13.3. The largest absolute Gasteiger partial charge is 0.350 e. The van der Waals surface area contributed by atoms with E-state index in [2.05, 4.69) is 45.1 Å². The molecule has 0 radical (unpaired) electrons. The first kappa shape index (κ1) is 16.5. The Balaban J connectivity index is 1.38. The zero-order valence-electron chi connectivity index (χ0n) is 15.4. The molecule has 0 atom stereocenters. The number of para-hydroxylation sites is 1. The van der Waals surface area contributed by atoms with Crippen molar-refractivity contribution >= 4 is 16.9 Å². The Morgan fingerprint density at radius 2 is 1.81 bits per heavy atom. The van der Waals surface area contributed by atoms with Crippen LogP contribution in [0.15, 0.2) is 48.5 Å². The van der Waals surface area contributed by atoms with Gasteiger partial charge < -0.3 is 9.88 Å². The zero-order chi connectivity index (χ0) is 18.2. The summed E-state index contributed by atoms with van der Waals surface area (Å²) in [6.07, 6.45) is 2.24. The molecule has 2 aromatic carbocycles. The highest BCUT2D eigenvalue weighted by Crippen LogP contribution is 2.32. The Labute approximate surface area is 159 Å². The van der Waals surface area contributed by atoms with E-state index >= 15 is 0 Å².